The topological polar surface area (TPSA) is 52.9 Å². The maximum absolute atomic E-state index is 12.3. The fourth-order valence-electron chi connectivity index (χ4n) is 2.53. The minimum Gasteiger partial charge on any atom is -0.334 e. The lowest BCUT2D eigenvalue weighted by atomic mass is 9.97. The van der Waals surface area contributed by atoms with Gasteiger partial charge in [0, 0.05) is 5.56 Å². The normalized spacial score (nSPS) is 17.2. The number of nitrogens with one attached hydrogen (secondary N) is 1. The zero-order valence-corrected chi connectivity index (χ0v) is 10.9. The molecule has 0 unspecified atom stereocenters. The number of rotatable bonds is 2. The van der Waals surface area contributed by atoms with E-state index in [0.29, 0.717) is 5.56 Å². The molecule has 0 heterocycles. The van der Waals surface area contributed by atoms with Gasteiger partial charge in [0.15, 0.2) is 0 Å². The van der Waals surface area contributed by atoms with Crippen LogP contribution in [0, 0.1) is 25.2 Å². The zero-order chi connectivity index (χ0) is 13.2. The van der Waals surface area contributed by atoms with Gasteiger partial charge in [-0.2, -0.15) is 5.26 Å². The highest BCUT2D eigenvalue weighted by molar-refractivity contribution is 5.96. The number of amides is 1. The van der Waals surface area contributed by atoms with E-state index in [4.69, 9.17) is 0 Å². The van der Waals surface area contributed by atoms with E-state index in [1.807, 2.05) is 32.0 Å². The van der Waals surface area contributed by atoms with Crippen molar-refractivity contribution in [3.63, 3.8) is 0 Å². The average molecular weight is 242 g/mol. The first-order valence-electron chi connectivity index (χ1n) is 6.38. The SMILES string of the molecule is Cc1cccc(C(=O)NC2(C#N)CCCC2)c1C. The van der Waals surface area contributed by atoms with Gasteiger partial charge in [-0.25, -0.2) is 0 Å². The van der Waals surface area contributed by atoms with Crippen molar-refractivity contribution in [1.29, 1.82) is 5.26 Å². The number of nitrogens with zero attached hydrogens (tertiary/aromatic N) is 1. The third-order valence-electron chi connectivity index (χ3n) is 3.87. The molecule has 1 saturated carbocycles. The molecule has 0 aromatic heterocycles. The summed E-state index contributed by atoms with van der Waals surface area (Å²) in [6.07, 6.45) is 3.56. The fourth-order valence-corrected chi connectivity index (χ4v) is 2.53. The molecule has 0 spiro atoms. The Balaban J connectivity index is 2.22. The summed E-state index contributed by atoms with van der Waals surface area (Å²) in [6, 6.07) is 7.97. The predicted octanol–water partition coefficient (Wildman–Crippen LogP) is 2.87. The molecule has 1 fully saturated rings. The lowest BCUT2D eigenvalue weighted by Gasteiger charge is -2.22. The van der Waals surface area contributed by atoms with E-state index in [0.717, 1.165) is 36.8 Å². The maximum atomic E-state index is 12.3. The number of aryl methyl sites for hydroxylation is 1. The van der Waals surface area contributed by atoms with Crippen molar-refractivity contribution in [1.82, 2.24) is 5.32 Å². The average Bonchev–Trinajstić information content (AvgIpc) is 2.81. The number of hydrogen-bond acceptors (Lipinski definition) is 2. The first kappa shape index (κ1) is 12.6. The highest BCUT2D eigenvalue weighted by Crippen LogP contribution is 2.29. The number of carbonyl (C=O) groups excluding carboxylic acids is 1. The van der Waals surface area contributed by atoms with Crippen LogP contribution in [0.4, 0.5) is 0 Å². The van der Waals surface area contributed by atoms with Crippen LogP contribution in [0.2, 0.25) is 0 Å². The van der Waals surface area contributed by atoms with Crippen molar-refractivity contribution in [3.8, 4) is 6.07 Å². The second-order valence-electron chi connectivity index (χ2n) is 5.10. The molecule has 0 bridgehead atoms. The van der Waals surface area contributed by atoms with Gasteiger partial charge in [-0.1, -0.05) is 12.1 Å². The molecule has 1 N–H and O–H groups in total. The first-order chi connectivity index (χ1) is 8.58. The van der Waals surface area contributed by atoms with Gasteiger partial charge in [0.2, 0.25) is 0 Å². The molecular weight excluding hydrogens is 224 g/mol. The van der Waals surface area contributed by atoms with E-state index in [1.165, 1.54) is 0 Å². The second-order valence-corrected chi connectivity index (χ2v) is 5.10. The molecule has 1 aromatic rings. The molecule has 1 aliphatic rings. The molecule has 0 saturated heterocycles. The van der Waals surface area contributed by atoms with Crippen LogP contribution in [-0.2, 0) is 0 Å². The van der Waals surface area contributed by atoms with Gasteiger partial charge in [-0.15, -0.1) is 0 Å². The van der Waals surface area contributed by atoms with E-state index in [2.05, 4.69) is 11.4 Å². The van der Waals surface area contributed by atoms with Crippen LogP contribution in [0.5, 0.6) is 0 Å². The standard InChI is InChI=1S/C15H18N2O/c1-11-6-5-7-13(12(11)2)14(18)17-15(10-16)8-3-4-9-15/h5-7H,3-4,8-9H2,1-2H3,(H,17,18). The summed E-state index contributed by atoms with van der Waals surface area (Å²) in [4.78, 5) is 12.3. The molecule has 0 radical (unpaired) electrons. The van der Waals surface area contributed by atoms with E-state index in [1.54, 1.807) is 0 Å². The Bertz CT molecular complexity index is 508. The highest BCUT2D eigenvalue weighted by atomic mass is 16.1. The lowest BCUT2D eigenvalue weighted by molar-refractivity contribution is 0.0920. The van der Waals surface area contributed by atoms with Crippen LogP contribution in [-0.4, -0.2) is 11.4 Å². The monoisotopic (exact) mass is 242 g/mol. The summed E-state index contributed by atoms with van der Waals surface area (Å²) in [5, 5.41) is 12.2. The number of nitriles is 1. The van der Waals surface area contributed by atoms with E-state index in [-0.39, 0.29) is 5.91 Å². The van der Waals surface area contributed by atoms with Gasteiger partial charge in [-0.3, -0.25) is 4.79 Å². The third kappa shape index (κ3) is 2.24. The summed E-state index contributed by atoms with van der Waals surface area (Å²) >= 11 is 0. The first-order valence-corrected chi connectivity index (χ1v) is 6.38. The van der Waals surface area contributed by atoms with Crippen molar-refractivity contribution in [3.05, 3.63) is 34.9 Å². The maximum Gasteiger partial charge on any atom is 0.252 e. The summed E-state index contributed by atoms with van der Waals surface area (Å²) in [5.41, 5.74) is 2.12. The van der Waals surface area contributed by atoms with Gasteiger partial charge >= 0.3 is 0 Å². The predicted molar refractivity (Wildman–Crippen MR) is 70.2 cm³/mol. The Morgan fingerprint density at radius 2 is 2.00 bits per heavy atom. The quantitative estimate of drug-likeness (QED) is 0.867. The molecule has 1 amide bonds. The Kier molecular flexibility index (Phi) is 3.38. The molecule has 2 rings (SSSR count). The van der Waals surface area contributed by atoms with Crippen LogP contribution in [0.1, 0.15) is 47.2 Å². The summed E-state index contributed by atoms with van der Waals surface area (Å²) < 4.78 is 0. The largest absolute Gasteiger partial charge is 0.334 e. The van der Waals surface area contributed by atoms with Crippen LogP contribution < -0.4 is 5.32 Å². The summed E-state index contributed by atoms with van der Waals surface area (Å²) in [6.45, 7) is 3.93. The van der Waals surface area contributed by atoms with Crippen molar-refractivity contribution in [2.45, 2.75) is 45.1 Å². The number of carbonyl (C=O) groups is 1. The minimum absolute atomic E-state index is 0.125. The van der Waals surface area contributed by atoms with Gasteiger partial charge in [0.25, 0.3) is 5.91 Å². The van der Waals surface area contributed by atoms with E-state index in [9.17, 15) is 10.1 Å². The van der Waals surface area contributed by atoms with Gasteiger partial charge < -0.3 is 5.32 Å². The molecule has 1 aromatic carbocycles. The number of benzene rings is 1. The van der Waals surface area contributed by atoms with Gasteiger partial charge in [0.1, 0.15) is 5.54 Å². The Morgan fingerprint density at radius 1 is 1.33 bits per heavy atom. The summed E-state index contributed by atoms with van der Waals surface area (Å²) in [7, 11) is 0. The van der Waals surface area contributed by atoms with Crippen LogP contribution in [0.15, 0.2) is 18.2 Å². The van der Waals surface area contributed by atoms with E-state index >= 15 is 0 Å². The highest BCUT2D eigenvalue weighted by Gasteiger charge is 2.35. The summed E-state index contributed by atoms with van der Waals surface area (Å²) in [5.74, 6) is -0.125. The van der Waals surface area contributed by atoms with Crippen molar-refractivity contribution < 1.29 is 4.79 Å². The second kappa shape index (κ2) is 4.81. The zero-order valence-electron chi connectivity index (χ0n) is 10.9. The molecule has 0 aliphatic heterocycles. The third-order valence-corrected chi connectivity index (χ3v) is 3.87. The molecule has 1 aliphatic carbocycles. The minimum atomic E-state index is -0.646. The smallest absolute Gasteiger partial charge is 0.252 e. The fraction of sp³-hybridized carbons (Fsp3) is 0.467. The molecule has 94 valence electrons. The van der Waals surface area contributed by atoms with E-state index < -0.39 is 5.54 Å². The van der Waals surface area contributed by atoms with Crippen molar-refractivity contribution in [2.75, 3.05) is 0 Å². The lowest BCUT2D eigenvalue weighted by Crippen LogP contribution is -2.45. The van der Waals surface area contributed by atoms with Crippen LogP contribution in [0.25, 0.3) is 0 Å². The Morgan fingerprint density at radius 3 is 2.61 bits per heavy atom. The van der Waals surface area contributed by atoms with Crippen LogP contribution in [0.3, 0.4) is 0 Å². The molecule has 3 nitrogen and oxygen atoms in total. The van der Waals surface area contributed by atoms with Crippen molar-refractivity contribution in [2.24, 2.45) is 0 Å². The van der Waals surface area contributed by atoms with Crippen LogP contribution >= 0.6 is 0 Å². The van der Waals surface area contributed by atoms with Crippen molar-refractivity contribution >= 4 is 5.91 Å². The van der Waals surface area contributed by atoms with Gasteiger partial charge in [0.05, 0.1) is 6.07 Å². The molecular formula is C15H18N2O. The van der Waals surface area contributed by atoms with Gasteiger partial charge in [-0.05, 0) is 56.7 Å². The molecule has 18 heavy (non-hydrogen) atoms. The molecule has 0 atom stereocenters. The molecule has 3 heteroatoms. The Labute approximate surface area is 108 Å². The Hall–Kier alpha value is -1.82. The number of hydrogen-bond donors (Lipinski definition) is 1.